The summed E-state index contributed by atoms with van der Waals surface area (Å²) in [6, 6.07) is 23.3. The first-order valence-corrected chi connectivity index (χ1v) is 45.2. The third kappa shape index (κ3) is 45.4. The van der Waals surface area contributed by atoms with Crippen molar-refractivity contribution in [2.45, 2.75) is 355 Å². The van der Waals surface area contributed by atoms with Crippen LogP contribution in [0.25, 0.3) is 0 Å². The van der Waals surface area contributed by atoms with Gasteiger partial charge in [-0.25, -0.2) is 14.2 Å². The van der Waals surface area contributed by atoms with Crippen LogP contribution in [-0.4, -0.2) is 118 Å². The van der Waals surface area contributed by atoms with Crippen LogP contribution in [0, 0.1) is 5.92 Å². The van der Waals surface area contributed by atoms with Gasteiger partial charge in [0, 0.05) is 31.8 Å². The first-order valence-electron chi connectivity index (χ1n) is 41.5. The van der Waals surface area contributed by atoms with Gasteiger partial charge in [0.2, 0.25) is 7.59 Å². The normalized spacial score (nSPS) is 16.8. The van der Waals surface area contributed by atoms with Gasteiger partial charge in [0.15, 0.2) is 18.0 Å². The third-order valence-electron chi connectivity index (χ3n) is 19.4. The number of benzene rings is 3. The van der Waals surface area contributed by atoms with E-state index in [9.17, 15) is 19.2 Å². The van der Waals surface area contributed by atoms with Crippen LogP contribution in [-0.2, 0) is 77.5 Å². The molecule has 1 aliphatic rings. The SMILES string of the molecule is CCCCCCCCCCC[C@H](CC(=O)O[C@@H]1[C@H](NC(=O)OCC(Cl)(Cl)Cl)[C@@H](OC[C@@H](CCOCc2ccccc2)C(=O)C[C@@H](CCCCCCCCCCC)OC(=O)CCCCCCCCC)O[C@H](COC(=O)OC(C)(C)C(Cl)(Cl)Cl)[C@H]1OP(=O)(Oc1ccccc1)Oc1ccccc1)OC(=O)CCCCCCCCC. The average molecular weight is 1710 g/mol. The lowest BCUT2D eigenvalue weighted by atomic mass is 9.94. The van der Waals surface area contributed by atoms with Gasteiger partial charge >= 0.3 is 38.0 Å². The summed E-state index contributed by atoms with van der Waals surface area (Å²) in [5, 5.41) is 2.66. The van der Waals surface area contributed by atoms with Crippen molar-refractivity contribution < 1.29 is 89.5 Å². The molecule has 0 aliphatic carbocycles. The smallest absolute Gasteiger partial charge is 0.462 e. The number of esters is 3. The Morgan fingerprint density at radius 1 is 0.509 bits per heavy atom. The predicted octanol–water partition coefficient (Wildman–Crippen LogP) is 24.6. The zero-order chi connectivity index (χ0) is 81.7. The van der Waals surface area contributed by atoms with Crippen molar-refractivity contribution in [1.29, 1.82) is 0 Å². The average Bonchev–Trinajstić information content (AvgIpc) is 0.770. The fourth-order valence-electron chi connectivity index (χ4n) is 12.8. The van der Waals surface area contributed by atoms with Gasteiger partial charge in [0.05, 0.1) is 19.6 Å². The van der Waals surface area contributed by atoms with Crippen molar-refractivity contribution in [3.8, 4) is 11.5 Å². The van der Waals surface area contributed by atoms with E-state index >= 15 is 14.2 Å². The second-order valence-corrected chi connectivity index (χ2v) is 36.1. The Hall–Kier alpha value is -4.31. The molecule has 0 unspecified atom stereocenters. The highest BCUT2D eigenvalue weighted by Crippen LogP contribution is 2.53. The number of phosphoric ester groups is 1. The molecule has 0 saturated carbocycles. The van der Waals surface area contributed by atoms with Gasteiger partial charge in [0.25, 0.3) is 0 Å². The van der Waals surface area contributed by atoms with E-state index in [1.807, 2.05) is 30.3 Å². The summed E-state index contributed by atoms with van der Waals surface area (Å²) in [6.07, 6.45) is 20.0. The minimum Gasteiger partial charge on any atom is -0.462 e. The van der Waals surface area contributed by atoms with E-state index in [0.29, 0.717) is 32.1 Å². The molecule has 8 atom stereocenters. The van der Waals surface area contributed by atoms with Crippen LogP contribution >= 0.6 is 77.4 Å². The van der Waals surface area contributed by atoms with E-state index in [-0.39, 0.29) is 62.6 Å². The van der Waals surface area contributed by atoms with Crippen LogP contribution in [0.3, 0.4) is 0 Å². The minimum absolute atomic E-state index is 0.0212. The molecule has 1 N–H and O–H groups in total. The molecule has 1 amide bonds. The number of para-hydroxylation sites is 2. The molecule has 27 heteroatoms. The quantitative estimate of drug-likeness (QED) is 0.0181. The number of hydrogen-bond donors (Lipinski definition) is 1. The molecule has 0 bridgehead atoms. The van der Waals surface area contributed by atoms with Gasteiger partial charge in [-0.05, 0) is 88.6 Å². The van der Waals surface area contributed by atoms with Crippen molar-refractivity contribution in [3.05, 3.63) is 96.6 Å². The zero-order valence-electron chi connectivity index (χ0n) is 67.4. The number of amides is 1. The summed E-state index contributed by atoms with van der Waals surface area (Å²) in [5.74, 6) is -3.42. The fourth-order valence-corrected chi connectivity index (χ4v) is 14.5. The second-order valence-electron chi connectivity index (χ2n) is 29.8. The van der Waals surface area contributed by atoms with E-state index in [2.05, 4.69) is 33.0 Å². The number of ether oxygens (including phenoxy) is 9. The summed E-state index contributed by atoms with van der Waals surface area (Å²) >= 11 is 37.4. The van der Waals surface area contributed by atoms with Gasteiger partial charge in [-0.3, -0.25) is 23.7 Å². The van der Waals surface area contributed by atoms with Crippen molar-refractivity contribution in [1.82, 2.24) is 5.32 Å². The molecule has 3 aromatic carbocycles. The number of halogens is 6. The molecule has 0 spiro atoms. The van der Waals surface area contributed by atoms with Crippen LogP contribution < -0.4 is 14.4 Å². The second kappa shape index (κ2) is 58.5. The number of alkyl carbamates (subject to hydrolysis) is 1. The molecular weight excluding hydrogens is 1580 g/mol. The van der Waals surface area contributed by atoms with Crippen LogP contribution in [0.5, 0.6) is 11.5 Å². The molecule has 1 saturated heterocycles. The van der Waals surface area contributed by atoms with Crippen LogP contribution in [0.15, 0.2) is 91.0 Å². The van der Waals surface area contributed by atoms with Gasteiger partial charge in [0.1, 0.15) is 61.0 Å². The molecule has 4 rings (SSSR count). The Morgan fingerprint density at radius 2 is 0.938 bits per heavy atom. The van der Waals surface area contributed by atoms with E-state index in [4.69, 9.17) is 126 Å². The number of phosphoric acid groups is 1. The van der Waals surface area contributed by atoms with Gasteiger partial charge in [-0.1, -0.05) is 344 Å². The summed E-state index contributed by atoms with van der Waals surface area (Å²) in [5.41, 5.74) is -0.962. The molecule has 112 heavy (non-hydrogen) atoms. The lowest BCUT2D eigenvalue weighted by Crippen LogP contribution is -2.66. The highest BCUT2D eigenvalue weighted by Gasteiger charge is 2.55. The number of ketones is 1. The van der Waals surface area contributed by atoms with Crippen molar-refractivity contribution in [2.75, 3.05) is 26.4 Å². The van der Waals surface area contributed by atoms with Gasteiger partial charge in [-0.2, -0.15) is 0 Å². The Morgan fingerprint density at radius 3 is 1.38 bits per heavy atom. The largest absolute Gasteiger partial charge is 0.588 e. The number of rotatable bonds is 63. The Bertz CT molecular complexity index is 3020. The minimum atomic E-state index is -5.21. The lowest BCUT2D eigenvalue weighted by Gasteiger charge is -2.45. The number of hydrogen-bond acceptors (Lipinski definition) is 19. The van der Waals surface area contributed by atoms with E-state index in [0.717, 1.165) is 166 Å². The zero-order valence-corrected chi connectivity index (χ0v) is 72.8. The number of alkyl halides is 6. The Kier molecular flexibility index (Phi) is 52.3. The van der Waals surface area contributed by atoms with Crippen molar-refractivity contribution in [2.24, 2.45) is 5.92 Å². The van der Waals surface area contributed by atoms with Crippen LogP contribution in [0.1, 0.15) is 298 Å². The molecule has 1 heterocycles. The maximum absolute atomic E-state index is 16.0. The first-order chi connectivity index (χ1) is 53.8. The highest BCUT2D eigenvalue weighted by molar-refractivity contribution is 7.49. The number of unbranched alkanes of at least 4 members (excludes halogenated alkanes) is 28. The Labute approximate surface area is 698 Å². The van der Waals surface area contributed by atoms with Crippen molar-refractivity contribution >= 4 is 113 Å². The molecule has 0 aromatic heterocycles. The third-order valence-corrected chi connectivity index (χ3v) is 22.5. The van der Waals surface area contributed by atoms with Gasteiger partial charge < -0.3 is 57.0 Å². The number of nitrogens with one attached hydrogen (secondary N) is 1. The van der Waals surface area contributed by atoms with E-state index < -0.39 is 126 Å². The number of carbonyl (C=O) groups is 6. The molecule has 0 radical (unpaired) electrons. The summed E-state index contributed by atoms with van der Waals surface area (Å²) in [7, 11) is -5.21. The molecule has 636 valence electrons. The number of Topliss-reactive ketones (excluding diaryl/α,β-unsaturated/α-hetero) is 1. The standard InChI is InChI=1S/C85H130Cl6NO19P/c1-7-11-15-19-23-25-29-31-40-54-70(104-74(94)56-46-33-27-21-17-13-9-3)60-72(93)67(58-59-100-62-66-48-38-35-39-49-66)63-101-80-77(92-81(97)103-65-84(86,87)88)79(107-76(96)61-71(55-41-32-30-26-24-20-16-12-8-2)105-75(95)57-47-34-28-22-18-14-10-4)78(73(106-80)64-102-82(98)108-83(5,6)85(89,90)91)111-112(99,109-68-50-42-36-43-51-68)110-69-52-44-37-45-53-69/h35-39,42-45,48-53,67,70-71,73,77-80H,7-34,40-41,46-47,54-65H2,1-6H3,(H,92,97)/t67-,70-,71-,73-,77+,78-,79-,80+/m1/s1. The molecule has 1 fully saturated rings. The maximum atomic E-state index is 16.0. The molecule has 1 aliphatic heterocycles. The van der Waals surface area contributed by atoms with Gasteiger partial charge in [-0.15, -0.1) is 0 Å². The summed E-state index contributed by atoms with van der Waals surface area (Å²) in [6.45, 7) is 9.26. The molecular formula is C85H130Cl6NO19P. The summed E-state index contributed by atoms with van der Waals surface area (Å²) in [4.78, 5) is 87.1. The maximum Gasteiger partial charge on any atom is 0.588 e. The first kappa shape index (κ1) is 100. The fraction of sp³-hybridized carbons (Fsp3) is 0.718. The lowest BCUT2D eigenvalue weighted by molar-refractivity contribution is -0.273. The highest BCUT2D eigenvalue weighted by atomic mass is 35.6. The summed E-state index contributed by atoms with van der Waals surface area (Å²) < 4.78 is 86.3. The number of carbonyl (C=O) groups excluding carboxylic acids is 6. The Balaban J connectivity index is 1.94. The molecule has 3 aromatic rings. The van der Waals surface area contributed by atoms with E-state index in [1.165, 1.54) is 57.4 Å². The van der Waals surface area contributed by atoms with Crippen LogP contribution in [0.4, 0.5) is 9.59 Å². The predicted molar refractivity (Wildman–Crippen MR) is 444 cm³/mol. The monoisotopic (exact) mass is 1710 g/mol. The van der Waals surface area contributed by atoms with Crippen LogP contribution in [0.2, 0.25) is 0 Å². The molecule has 20 nitrogen and oxygen atoms in total. The van der Waals surface area contributed by atoms with Crippen molar-refractivity contribution in [3.63, 3.8) is 0 Å². The van der Waals surface area contributed by atoms with E-state index in [1.54, 1.807) is 36.4 Å². The topological polar surface area (TPSA) is 242 Å².